The van der Waals surface area contributed by atoms with E-state index in [1.807, 2.05) is 20.8 Å². The van der Waals surface area contributed by atoms with Crippen LogP contribution in [0.25, 0.3) is 22.3 Å². The summed E-state index contributed by atoms with van der Waals surface area (Å²) >= 11 is 0. The fourth-order valence-electron chi connectivity index (χ4n) is 2.87. The number of benzene rings is 1. The van der Waals surface area contributed by atoms with Crippen molar-refractivity contribution >= 4 is 22.7 Å². The largest absolute Gasteiger partial charge is 0.465 e. The molecule has 3 aromatic rings. The minimum Gasteiger partial charge on any atom is -0.465 e. The van der Waals surface area contributed by atoms with Crippen LogP contribution in [-0.2, 0) is 4.74 Å². The molecule has 8 nitrogen and oxygen atoms in total. The molecule has 0 saturated carbocycles. The van der Waals surface area contributed by atoms with Crippen molar-refractivity contribution in [3.8, 4) is 11.3 Å². The summed E-state index contributed by atoms with van der Waals surface area (Å²) in [5, 5.41) is 16.2. The van der Waals surface area contributed by atoms with Gasteiger partial charge in [-0.2, -0.15) is 5.10 Å². The maximum Gasteiger partial charge on any atom is 0.338 e. The second kappa shape index (κ2) is 6.55. The van der Waals surface area contributed by atoms with Crippen LogP contribution in [0.1, 0.15) is 35.9 Å². The number of aromatic nitrogens is 3. The van der Waals surface area contributed by atoms with Crippen LogP contribution in [0.15, 0.2) is 30.3 Å². The molecule has 26 heavy (non-hydrogen) atoms. The van der Waals surface area contributed by atoms with Gasteiger partial charge in [0.15, 0.2) is 5.65 Å². The van der Waals surface area contributed by atoms with E-state index in [2.05, 4.69) is 10.1 Å². The molecule has 0 N–H and O–H groups in total. The number of nitrogens with zero attached hydrogens (tertiary/aromatic N) is 4. The van der Waals surface area contributed by atoms with Crippen molar-refractivity contribution in [3.05, 3.63) is 51.7 Å². The van der Waals surface area contributed by atoms with Gasteiger partial charge in [-0.3, -0.25) is 10.1 Å². The van der Waals surface area contributed by atoms with E-state index < -0.39 is 10.9 Å². The monoisotopic (exact) mass is 354 g/mol. The topological polar surface area (TPSA) is 100 Å². The van der Waals surface area contributed by atoms with Gasteiger partial charge in [0.1, 0.15) is 0 Å². The number of nitro groups is 1. The highest BCUT2D eigenvalue weighted by atomic mass is 16.6. The molecule has 0 aliphatic rings. The number of methoxy groups -OCH3 is 1. The van der Waals surface area contributed by atoms with Crippen molar-refractivity contribution in [2.24, 2.45) is 0 Å². The molecule has 3 rings (SSSR count). The van der Waals surface area contributed by atoms with Crippen LogP contribution >= 0.6 is 0 Å². The van der Waals surface area contributed by atoms with Crippen LogP contribution in [-0.4, -0.2) is 32.8 Å². The molecule has 0 radical (unpaired) electrons. The highest BCUT2D eigenvalue weighted by molar-refractivity contribution is 6.05. The molecule has 8 heteroatoms. The lowest BCUT2D eigenvalue weighted by molar-refractivity contribution is -0.384. The molecule has 2 heterocycles. The number of carbonyl (C=O) groups is 1. The molecule has 0 saturated heterocycles. The van der Waals surface area contributed by atoms with E-state index in [-0.39, 0.29) is 11.7 Å². The van der Waals surface area contributed by atoms with E-state index in [4.69, 9.17) is 4.74 Å². The van der Waals surface area contributed by atoms with Crippen molar-refractivity contribution in [1.82, 2.24) is 14.8 Å². The first-order chi connectivity index (χ1) is 12.3. The summed E-state index contributed by atoms with van der Waals surface area (Å²) in [4.78, 5) is 27.6. The van der Waals surface area contributed by atoms with Crippen molar-refractivity contribution < 1.29 is 14.5 Å². The van der Waals surface area contributed by atoms with Gasteiger partial charge in [0, 0.05) is 23.7 Å². The Morgan fingerprint density at radius 3 is 2.65 bits per heavy atom. The van der Waals surface area contributed by atoms with E-state index in [0.29, 0.717) is 33.5 Å². The van der Waals surface area contributed by atoms with Crippen LogP contribution in [0.5, 0.6) is 0 Å². The Labute approximate surface area is 149 Å². The fraction of sp³-hybridized carbons (Fsp3) is 0.278. The molecule has 2 aromatic heterocycles. The molecular formula is C18H18N4O4. The molecule has 1 aromatic carbocycles. The second-order valence-corrected chi connectivity index (χ2v) is 6.18. The minimum absolute atomic E-state index is 0.0320. The minimum atomic E-state index is -0.504. The molecule has 134 valence electrons. The number of ether oxygens (including phenoxy) is 1. The number of nitro benzene ring substituents is 1. The Kier molecular flexibility index (Phi) is 4.41. The lowest BCUT2D eigenvalue weighted by Gasteiger charge is -2.10. The highest BCUT2D eigenvalue weighted by Gasteiger charge is 2.22. The third-order valence-electron chi connectivity index (χ3n) is 4.08. The summed E-state index contributed by atoms with van der Waals surface area (Å²) in [5.41, 5.74) is 2.50. The van der Waals surface area contributed by atoms with Gasteiger partial charge in [0.25, 0.3) is 5.69 Å². The first-order valence-corrected chi connectivity index (χ1v) is 8.06. The number of pyridine rings is 1. The standard InChI is InChI=1S/C18H18N4O4/c1-10(2)21-17-16(11(3)20-21)14(18(23)26-4)9-15(19-17)12-6-5-7-13(8-12)22(24)25/h5-10H,1-4H3. The first kappa shape index (κ1) is 17.5. The number of carbonyl (C=O) groups excluding carboxylic acids is 1. The molecule has 0 unspecified atom stereocenters. The predicted molar refractivity (Wildman–Crippen MR) is 96.1 cm³/mol. The van der Waals surface area contributed by atoms with E-state index >= 15 is 0 Å². The molecule has 0 aliphatic heterocycles. The van der Waals surface area contributed by atoms with Gasteiger partial charge in [-0.15, -0.1) is 0 Å². The molecule has 0 fully saturated rings. The Hall–Kier alpha value is -3.29. The SMILES string of the molecule is COC(=O)c1cc(-c2cccc([N+](=O)[O-])c2)nc2c1c(C)nn2C(C)C. The van der Waals surface area contributed by atoms with E-state index in [0.717, 1.165) is 0 Å². The van der Waals surface area contributed by atoms with Gasteiger partial charge < -0.3 is 4.74 Å². The van der Waals surface area contributed by atoms with Crippen molar-refractivity contribution in [1.29, 1.82) is 0 Å². The van der Waals surface area contributed by atoms with Crippen molar-refractivity contribution in [2.45, 2.75) is 26.8 Å². The fourth-order valence-corrected chi connectivity index (χ4v) is 2.87. The van der Waals surface area contributed by atoms with Crippen LogP contribution in [0, 0.1) is 17.0 Å². The third kappa shape index (κ3) is 2.90. The van der Waals surface area contributed by atoms with Crippen molar-refractivity contribution in [3.63, 3.8) is 0 Å². The second-order valence-electron chi connectivity index (χ2n) is 6.18. The Morgan fingerprint density at radius 2 is 2.04 bits per heavy atom. The zero-order valence-corrected chi connectivity index (χ0v) is 14.9. The number of non-ortho nitro benzene ring substituents is 1. The van der Waals surface area contributed by atoms with Crippen LogP contribution in [0.4, 0.5) is 5.69 Å². The zero-order valence-electron chi connectivity index (χ0n) is 14.9. The summed E-state index contributed by atoms with van der Waals surface area (Å²) in [5.74, 6) is -0.504. The smallest absolute Gasteiger partial charge is 0.338 e. The average Bonchev–Trinajstić information content (AvgIpc) is 2.97. The summed E-state index contributed by atoms with van der Waals surface area (Å²) in [7, 11) is 1.31. The molecular weight excluding hydrogens is 336 g/mol. The first-order valence-electron chi connectivity index (χ1n) is 8.06. The van der Waals surface area contributed by atoms with Gasteiger partial charge in [0.05, 0.1) is 34.4 Å². The van der Waals surface area contributed by atoms with Gasteiger partial charge >= 0.3 is 5.97 Å². The molecule has 0 spiro atoms. The lowest BCUT2D eigenvalue weighted by Crippen LogP contribution is -2.07. The Bertz CT molecular complexity index is 1020. The Balaban J connectivity index is 2.33. The van der Waals surface area contributed by atoms with Gasteiger partial charge in [-0.1, -0.05) is 12.1 Å². The third-order valence-corrected chi connectivity index (χ3v) is 4.08. The zero-order chi connectivity index (χ0) is 19.0. The van der Waals surface area contributed by atoms with Crippen molar-refractivity contribution in [2.75, 3.05) is 7.11 Å². The van der Waals surface area contributed by atoms with Crippen LogP contribution in [0.2, 0.25) is 0 Å². The average molecular weight is 354 g/mol. The lowest BCUT2D eigenvalue weighted by atomic mass is 10.1. The number of hydrogen-bond acceptors (Lipinski definition) is 6. The number of aryl methyl sites for hydroxylation is 1. The normalized spacial score (nSPS) is 11.1. The highest BCUT2D eigenvalue weighted by Crippen LogP contribution is 2.30. The van der Waals surface area contributed by atoms with Gasteiger partial charge in [0.2, 0.25) is 0 Å². The quantitative estimate of drug-likeness (QED) is 0.402. The molecule has 0 atom stereocenters. The number of rotatable bonds is 4. The number of esters is 1. The number of fused-ring (bicyclic) bond motifs is 1. The van der Waals surface area contributed by atoms with Gasteiger partial charge in [-0.05, 0) is 26.8 Å². The van der Waals surface area contributed by atoms with Crippen LogP contribution in [0.3, 0.4) is 0 Å². The van der Waals surface area contributed by atoms with E-state index in [1.165, 1.54) is 19.2 Å². The summed E-state index contributed by atoms with van der Waals surface area (Å²) in [6.07, 6.45) is 0. The summed E-state index contributed by atoms with van der Waals surface area (Å²) in [6.45, 7) is 5.74. The van der Waals surface area contributed by atoms with Gasteiger partial charge in [-0.25, -0.2) is 14.5 Å². The van der Waals surface area contributed by atoms with E-state index in [1.54, 1.807) is 22.9 Å². The number of hydrogen-bond donors (Lipinski definition) is 0. The predicted octanol–water partition coefficient (Wildman–Crippen LogP) is 3.68. The maximum atomic E-state index is 12.3. The maximum absolute atomic E-state index is 12.3. The summed E-state index contributed by atoms with van der Waals surface area (Å²) in [6, 6.07) is 7.76. The summed E-state index contributed by atoms with van der Waals surface area (Å²) < 4.78 is 6.64. The Morgan fingerprint density at radius 1 is 1.31 bits per heavy atom. The van der Waals surface area contributed by atoms with Crippen LogP contribution < -0.4 is 0 Å². The molecule has 0 amide bonds. The molecule has 0 aliphatic carbocycles. The van der Waals surface area contributed by atoms with E-state index in [9.17, 15) is 14.9 Å². The molecule has 0 bridgehead atoms.